The van der Waals surface area contributed by atoms with Crippen LogP contribution in [-0.4, -0.2) is 6.01 Å². The SMILES string of the molecule is [N-]=C=[N-].[Pr].[Pr]. The van der Waals surface area contributed by atoms with E-state index in [1.54, 1.807) is 0 Å². The third-order valence-corrected chi connectivity index (χ3v) is 0. The van der Waals surface area contributed by atoms with Gasteiger partial charge in [0.1, 0.15) is 0 Å². The van der Waals surface area contributed by atoms with Crippen molar-refractivity contribution in [3.63, 3.8) is 0 Å². The van der Waals surface area contributed by atoms with Gasteiger partial charge in [0, 0.05) is 82.6 Å². The summed E-state index contributed by atoms with van der Waals surface area (Å²) in [7, 11) is 0. The Morgan fingerprint density at radius 1 is 1.00 bits per heavy atom. The standard InChI is InChI=1S/CN2.2Pr/c2-1-3;;/q-2;;. The van der Waals surface area contributed by atoms with Gasteiger partial charge in [-0.1, -0.05) is 0 Å². The molecule has 0 atom stereocenters. The smallest absolute Gasteiger partial charge is 0 e. The summed E-state index contributed by atoms with van der Waals surface area (Å²) in [4.78, 5) is 0. The molecule has 0 aliphatic heterocycles. The van der Waals surface area contributed by atoms with E-state index in [0.29, 0.717) is 0 Å². The summed E-state index contributed by atoms with van der Waals surface area (Å²) in [6.07, 6.45) is 0. The Morgan fingerprint density at radius 2 is 1.00 bits per heavy atom. The van der Waals surface area contributed by atoms with E-state index in [9.17, 15) is 0 Å². The predicted molar refractivity (Wildman–Crippen MR) is 11.7 cm³/mol. The molecule has 0 aromatic heterocycles. The molecule has 0 fully saturated rings. The molecule has 0 aromatic rings. The molecule has 4 heteroatoms. The first-order chi connectivity index (χ1) is 1.41. The number of rotatable bonds is 0. The Labute approximate surface area is 97.0 Å². The molecule has 0 bridgehead atoms. The van der Waals surface area contributed by atoms with E-state index in [0.717, 1.165) is 6.01 Å². The van der Waals surface area contributed by atoms with E-state index in [1.807, 2.05) is 0 Å². The van der Waals surface area contributed by atoms with Crippen molar-refractivity contribution in [3.05, 3.63) is 10.8 Å². The van der Waals surface area contributed by atoms with Crippen molar-refractivity contribution in [2.24, 2.45) is 0 Å². The van der Waals surface area contributed by atoms with Crippen LogP contribution in [0.25, 0.3) is 10.8 Å². The summed E-state index contributed by atoms with van der Waals surface area (Å²) in [5.41, 5.74) is 0. The van der Waals surface area contributed by atoms with Gasteiger partial charge in [-0.2, -0.15) is 0 Å². The topological polar surface area (TPSA) is 44.6 Å². The first-order valence-electron chi connectivity index (χ1n) is 0.447. The van der Waals surface area contributed by atoms with Crippen LogP contribution in [0.5, 0.6) is 0 Å². The van der Waals surface area contributed by atoms with Gasteiger partial charge in [-0.05, 0) is 0 Å². The number of nitrogens with zero attached hydrogens (tertiary/aromatic N) is 2. The molecule has 0 spiro atoms. The molecule has 0 amide bonds. The fourth-order valence-electron chi connectivity index (χ4n) is 0. The van der Waals surface area contributed by atoms with Crippen LogP contribution in [0.2, 0.25) is 0 Å². The molecule has 0 aliphatic rings. The van der Waals surface area contributed by atoms with Gasteiger partial charge in [0.2, 0.25) is 0 Å². The quantitative estimate of drug-likeness (QED) is 0.576. The molecule has 2 radical (unpaired) electrons. The summed E-state index contributed by atoms with van der Waals surface area (Å²) in [5, 5.41) is 13.8. The van der Waals surface area contributed by atoms with Gasteiger partial charge in [-0.15, -0.1) is 0 Å². The van der Waals surface area contributed by atoms with E-state index in [2.05, 4.69) is 0 Å². The van der Waals surface area contributed by atoms with Crippen LogP contribution in [0.3, 0.4) is 0 Å². The molecular weight excluding hydrogens is 322 g/mol. The van der Waals surface area contributed by atoms with Crippen molar-refractivity contribution in [1.29, 1.82) is 0 Å². The molecule has 22 valence electrons. The molecule has 0 N–H and O–H groups in total. The Hall–Kier alpha value is 2.11. The molecule has 0 unspecified atom stereocenters. The van der Waals surface area contributed by atoms with Crippen molar-refractivity contribution in [2.75, 3.05) is 0 Å². The summed E-state index contributed by atoms with van der Waals surface area (Å²) in [6, 6.07) is 0.750. The fraction of sp³-hybridized carbons (Fsp3) is 0. The minimum atomic E-state index is 0. The molecule has 5 heavy (non-hydrogen) atoms. The summed E-state index contributed by atoms with van der Waals surface area (Å²) in [5.74, 6) is 0. The van der Waals surface area contributed by atoms with E-state index in [1.165, 1.54) is 0 Å². The Balaban J connectivity index is -0.0000000200. The van der Waals surface area contributed by atoms with Crippen molar-refractivity contribution in [1.82, 2.24) is 0 Å². The fourth-order valence-corrected chi connectivity index (χ4v) is 0. The summed E-state index contributed by atoms with van der Waals surface area (Å²) >= 11 is 0. The number of hydrogen-bond acceptors (Lipinski definition) is 0. The van der Waals surface area contributed by atoms with Crippen LogP contribution < -0.4 is 0 Å². The number of hydrogen-bond donors (Lipinski definition) is 0. The zero-order valence-corrected chi connectivity index (χ0v) is 9.96. The maximum atomic E-state index is 6.88. The molecule has 0 saturated carbocycles. The first-order valence-corrected chi connectivity index (χ1v) is 0.447. The minimum Gasteiger partial charge on any atom is -0.786 e. The Morgan fingerprint density at radius 3 is 1.00 bits per heavy atom. The monoisotopic (exact) mass is 322 g/mol. The van der Waals surface area contributed by atoms with Crippen LogP contribution >= 0.6 is 0 Å². The van der Waals surface area contributed by atoms with Crippen LogP contribution in [0, 0.1) is 82.6 Å². The second kappa shape index (κ2) is 16.5. The largest absolute Gasteiger partial charge is 0.786 e. The van der Waals surface area contributed by atoms with Gasteiger partial charge >= 0.3 is 0 Å². The zero-order valence-electron chi connectivity index (χ0n) is 2.55. The molecular formula is CN2Pr2-2. The maximum Gasteiger partial charge on any atom is 0 e. The zero-order chi connectivity index (χ0) is 2.71. The normalized spacial score (nSPS) is 1.60. The predicted octanol–water partition coefficient (Wildman–Crippen LogP) is 0.299. The average molecular weight is 322 g/mol. The van der Waals surface area contributed by atoms with Crippen LogP contribution in [0.4, 0.5) is 0 Å². The van der Waals surface area contributed by atoms with Crippen molar-refractivity contribution < 1.29 is 82.6 Å². The summed E-state index contributed by atoms with van der Waals surface area (Å²) < 4.78 is 0. The van der Waals surface area contributed by atoms with Crippen molar-refractivity contribution in [2.45, 2.75) is 0 Å². The Kier molecular flexibility index (Phi) is 51.9. The van der Waals surface area contributed by atoms with Gasteiger partial charge in [0.15, 0.2) is 0 Å². The van der Waals surface area contributed by atoms with Crippen LogP contribution in [-0.2, 0) is 0 Å². The molecule has 0 saturated heterocycles. The molecule has 0 rings (SSSR count). The van der Waals surface area contributed by atoms with E-state index in [4.69, 9.17) is 10.8 Å². The average Bonchev–Trinajstić information content (AvgIpc) is 0.918. The second-order valence-corrected chi connectivity index (χ2v) is 0.100. The molecule has 2 nitrogen and oxygen atoms in total. The minimum absolute atomic E-state index is 0. The molecule has 0 heterocycles. The first kappa shape index (κ1) is 15.7. The third-order valence-electron chi connectivity index (χ3n) is 0. The Bertz CT molecular complexity index is 28.6. The van der Waals surface area contributed by atoms with Gasteiger partial charge in [-0.3, -0.25) is 0 Å². The van der Waals surface area contributed by atoms with E-state index >= 15 is 0 Å². The van der Waals surface area contributed by atoms with Crippen LogP contribution in [0.1, 0.15) is 0 Å². The van der Waals surface area contributed by atoms with Gasteiger partial charge < -0.3 is 16.8 Å². The van der Waals surface area contributed by atoms with Gasteiger partial charge in [0.25, 0.3) is 0 Å². The van der Waals surface area contributed by atoms with Crippen LogP contribution in [0.15, 0.2) is 0 Å². The maximum absolute atomic E-state index is 6.88. The van der Waals surface area contributed by atoms with E-state index in [-0.39, 0.29) is 82.6 Å². The van der Waals surface area contributed by atoms with Crippen molar-refractivity contribution in [3.8, 4) is 0 Å². The summed E-state index contributed by atoms with van der Waals surface area (Å²) in [6.45, 7) is 0. The second-order valence-electron chi connectivity index (χ2n) is 0.100. The third kappa shape index (κ3) is 23.2. The van der Waals surface area contributed by atoms with Crippen molar-refractivity contribution >= 4 is 6.01 Å². The van der Waals surface area contributed by atoms with Gasteiger partial charge in [0.05, 0.1) is 0 Å². The van der Waals surface area contributed by atoms with E-state index < -0.39 is 0 Å². The van der Waals surface area contributed by atoms with Gasteiger partial charge in [-0.25, -0.2) is 0 Å². The molecule has 0 aliphatic carbocycles. The molecule has 0 aromatic carbocycles.